The van der Waals surface area contributed by atoms with Gasteiger partial charge in [-0.05, 0) is 27.6 Å². The zero-order valence-electron chi connectivity index (χ0n) is 13.1. The standard InChI is InChI=1S/C16H19BrN4O2S/c17-14-10-15(16(18)19-11-14)24(22,23)21-8-6-20(7-9-21)12-13-4-2-1-3-5-13/h1-5,10-11H,6-9,12H2,(H2,18,19). The monoisotopic (exact) mass is 410 g/mol. The van der Waals surface area contributed by atoms with Gasteiger partial charge in [0.1, 0.15) is 10.7 Å². The van der Waals surface area contributed by atoms with E-state index in [4.69, 9.17) is 5.73 Å². The number of hydrogen-bond donors (Lipinski definition) is 1. The fourth-order valence-corrected chi connectivity index (χ4v) is 4.74. The lowest BCUT2D eigenvalue weighted by Crippen LogP contribution is -2.48. The van der Waals surface area contributed by atoms with Gasteiger partial charge in [-0.15, -0.1) is 0 Å². The summed E-state index contributed by atoms with van der Waals surface area (Å²) in [7, 11) is -3.62. The van der Waals surface area contributed by atoms with Crippen molar-refractivity contribution in [2.45, 2.75) is 11.4 Å². The normalized spacial score (nSPS) is 17.0. The number of anilines is 1. The van der Waals surface area contributed by atoms with Gasteiger partial charge in [0.2, 0.25) is 10.0 Å². The quantitative estimate of drug-likeness (QED) is 0.832. The van der Waals surface area contributed by atoms with Crippen LogP contribution in [0.3, 0.4) is 0 Å². The Morgan fingerprint density at radius 1 is 1.12 bits per heavy atom. The molecule has 0 spiro atoms. The minimum Gasteiger partial charge on any atom is -0.383 e. The van der Waals surface area contributed by atoms with Gasteiger partial charge < -0.3 is 5.73 Å². The van der Waals surface area contributed by atoms with E-state index in [-0.39, 0.29) is 10.7 Å². The van der Waals surface area contributed by atoms with E-state index in [9.17, 15) is 8.42 Å². The molecule has 2 N–H and O–H groups in total. The number of pyridine rings is 1. The maximum atomic E-state index is 12.8. The summed E-state index contributed by atoms with van der Waals surface area (Å²) in [6, 6.07) is 11.7. The lowest BCUT2D eigenvalue weighted by molar-refractivity contribution is 0.181. The molecule has 8 heteroatoms. The third-order valence-electron chi connectivity index (χ3n) is 4.05. The van der Waals surface area contributed by atoms with Crippen LogP contribution in [0, 0.1) is 0 Å². The largest absolute Gasteiger partial charge is 0.383 e. The average Bonchev–Trinajstić information content (AvgIpc) is 2.58. The first kappa shape index (κ1) is 17.3. The van der Waals surface area contributed by atoms with E-state index < -0.39 is 10.0 Å². The van der Waals surface area contributed by atoms with Gasteiger partial charge in [-0.25, -0.2) is 13.4 Å². The Hall–Kier alpha value is -1.48. The van der Waals surface area contributed by atoms with Crippen LogP contribution >= 0.6 is 15.9 Å². The first-order valence-electron chi connectivity index (χ1n) is 7.64. The first-order chi connectivity index (χ1) is 11.5. The molecule has 0 aliphatic carbocycles. The molecule has 0 bridgehead atoms. The second-order valence-corrected chi connectivity index (χ2v) is 8.52. The van der Waals surface area contributed by atoms with Gasteiger partial charge in [0.05, 0.1) is 0 Å². The molecule has 1 aliphatic heterocycles. The molecule has 128 valence electrons. The second-order valence-electron chi connectivity index (χ2n) is 5.70. The third-order valence-corrected chi connectivity index (χ3v) is 6.41. The van der Waals surface area contributed by atoms with Gasteiger partial charge in [0.15, 0.2) is 0 Å². The van der Waals surface area contributed by atoms with Crippen molar-refractivity contribution in [1.29, 1.82) is 0 Å². The molecule has 2 aromatic rings. The lowest BCUT2D eigenvalue weighted by Gasteiger charge is -2.34. The maximum Gasteiger partial charge on any atom is 0.246 e. The van der Waals surface area contributed by atoms with Crippen LogP contribution < -0.4 is 5.73 Å². The van der Waals surface area contributed by atoms with Gasteiger partial charge in [0, 0.05) is 43.4 Å². The summed E-state index contributed by atoms with van der Waals surface area (Å²) in [4.78, 5) is 6.24. The summed E-state index contributed by atoms with van der Waals surface area (Å²) >= 11 is 3.25. The summed E-state index contributed by atoms with van der Waals surface area (Å²) in [5.74, 6) is 0.0323. The fourth-order valence-electron chi connectivity index (χ4n) is 2.75. The third kappa shape index (κ3) is 3.77. The van der Waals surface area contributed by atoms with Crippen LogP contribution in [0.15, 0.2) is 52.0 Å². The number of hydrogen-bond acceptors (Lipinski definition) is 5. The van der Waals surface area contributed by atoms with E-state index in [2.05, 4.69) is 37.9 Å². The summed E-state index contributed by atoms with van der Waals surface area (Å²) < 4.78 is 27.7. The van der Waals surface area contributed by atoms with Gasteiger partial charge >= 0.3 is 0 Å². The van der Waals surface area contributed by atoms with Crippen LogP contribution in [-0.4, -0.2) is 48.8 Å². The van der Waals surface area contributed by atoms with Gasteiger partial charge in [-0.3, -0.25) is 4.90 Å². The predicted molar refractivity (Wildman–Crippen MR) is 96.8 cm³/mol. The van der Waals surface area contributed by atoms with Gasteiger partial charge in [-0.1, -0.05) is 30.3 Å². The molecule has 1 fully saturated rings. The molecule has 0 radical (unpaired) electrons. The minimum absolute atomic E-state index is 0.0323. The minimum atomic E-state index is -3.62. The molecule has 1 aliphatic rings. The topological polar surface area (TPSA) is 79.5 Å². The Morgan fingerprint density at radius 2 is 1.79 bits per heavy atom. The van der Waals surface area contributed by atoms with Crippen LogP contribution in [0.1, 0.15) is 5.56 Å². The number of nitrogens with zero attached hydrogens (tertiary/aromatic N) is 3. The Balaban J connectivity index is 1.68. The highest BCUT2D eigenvalue weighted by atomic mass is 79.9. The molecule has 24 heavy (non-hydrogen) atoms. The summed E-state index contributed by atoms with van der Waals surface area (Å²) in [6.07, 6.45) is 1.49. The van der Waals surface area contributed by atoms with E-state index in [1.165, 1.54) is 22.1 Å². The van der Waals surface area contributed by atoms with Crippen molar-refractivity contribution in [1.82, 2.24) is 14.2 Å². The highest BCUT2D eigenvalue weighted by molar-refractivity contribution is 9.10. The highest BCUT2D eigenvalue weighted by Crippen LogP contribution is 2.25. The Bertz CT molecular complexity index is 806. The Kier molecular flexibility index (Phi) is 5.19. The van der Waals surface area contributed by atoms with E-state index in [1.807, 2.05) is 18.2 Å². The molecule has 6 nitrogen and oxygen atoms in total. The van der Waals surface area contributed by atoms with Crippen molar-refractivity contribution < 1.29 is 8.42 Å². The van der Waals surface area contributed by atoms with Gasteiger partial charge in [-0.2, -0.15) is 4.31 Å². The molecular weight excluding hydrogens is 392 g/mol. The summed E-state index contributed by atoms with van der Waals surface area (Å²) in [5.41, 5.74) is 6.99. The van der Waals surface area contributed by atoms with Crippen LogP contribution in [0.4, 0.5) is 5.82 Å². The number of nitrogens with two attached hydrogens (primary N) is 1. The molecule has 2 heterocycles. The Morgan fingerprint density at radius 3 is 2.46 bits per heavy atom. The lowest BCUT2D eigenvalue weighted by atomic mass is 10.2. The van der Waals surface area contributed by atoms with E-state index in [1.54, 1.807) is 0 Å². The fraction of sp³-hybridized carbons (Fsp3) is 0.312. The second kappa shape index (κ2) is 7.18. The van der Waals surface area contributed by atoms with Crippen LogP contribution in [0.25, 0.3) is 0 Å². The SMILES string of the molecule is Nc1ncc(Br)cc1S(=O)(=O)N1CCN(Cc2ccccc2)CC1. The molecule has 0 atom stereocenters. The molecule has 0 saturated carbocycles. The number of piperazine rings is 1. The van der Waals surface area contributed by atoms with Crippen molar-refractivity contribution in [2.75, 3.05) is 31.9 Å². The van der Waals surface area contributed by atoms with Crippen molar-refractivity contribution in [3.8, 4) is 0 Å². The maximum absolute atomic E-state index is 12.8. The van der Waals surface area contributed by atoms with Crippen molar-refractivity contribution >= 4 is 31.8 Å². The number of rotatable bonds is 4. The average molecular weight is 411 g/mol. The number of nitrogen functional groups attached to an aromatic ring is 1. The molecular formula is C16H19BrN4O2S. The molecule has 3 rings (SSSR count). The number of aromatic nitrogens is 1. The van der Waals surface area contributed by atoms with Gasteiger partial charge in [0.25, 0.3) is 0 Å². The number of halogens is 1. The van der Waals surface area contributed by atoms with Crippen LogP contribution in [-0.2, 0) is 16.6 Å². The molecule has 1 aromatic carbocycles. The predicted octanol–water partition coefficient (Wildman–Crippen LogP) is 1.93. The van der Waals surface area contributed by atoms with Crippen molar-refractivity contribution in [3.63, 3.8) is 0 Å². The van der Waals surface area contributed by atoms with Crippen LogP contribution in [0.5, 0.6) is 0 Å². The van der Waals surface area contributed by atoms with E-state index >= 15 is 0 Å². The van der Waals surface area contributed by atoms with Crippen LogP contribution in [0.2, 0.25) is 0 Å². The Labute approximate surface area is 150 Å². The summed E-state index contributed by atoms with van der Waals surface area (Å²) in [6.45, 7) is 3.10. The first-order valence-corrected chi connectivity index (χ1v) is 9.87. The molecule has 1 aromatic heterocycles. The smallest absolute Gasteiger partial charge is 0.246 e. The molecule has 1 saturated heterocycles. The molecule has 0 amide bonds. The summed E-state index contributed by atoms with van der Waals surface area (Å²) in [5, 5.41) is 0. The number of benzene rings is 1. The number of sulfonamides is 1. The molecule has 0 unspecified atom stereocenters. The van der Waals surface area contributed by atoms with Crippen molar-refractivity contribution in [3.05, 3.63) is 52.6 Å². The van der Waals surface area contributed by atoms with E-state index in [0.29, 0.717) is 30.7 Å². The zero-order chi connectivity index (χ0) is 17.2. The highest BCUT2D eigenvalue weighted by Gasteiger charge is 2.30. The van der Waals surface area contributed by atoms with E-state index in [0.717, 1.165) is 6.54 Å². The van der Waals surface area contributed by atoms with Crippen molar-refractivity contribution in [2.24, 2.45) is 0 Å². The zero-order valence-corrected chi connectivity index (χ0v) is 15.5.